The van der Waals surface area contributed by atoms with Gasteiger partial charge in [0.25, 0.3) is 5.91 Å². The van der Waals surface area contributed by atoms with Crippen molar-refractivity contribution < 1.29 is 4.79 Å². The molecule has 0 aliphatic heterocycles. The predicted molar refractivity (Wildman–Crippen MR) is 58.5 cm³/mol. The number of carbonyl (C=O) groups excluding carboxylic acids is 1. The highest BCUT2D eigenvalue weighted by atomic mass is 16.2. The summed E-state index contributed by atoms with van der Waals surface area (Å²) < 4.78 is 0. The van der Waals surface area contributed by atoms with Gasteiger partial charge in [-0.1, -0.05) is 6.07 Å². The van der Waals surface area contributed by atoms with Gasteiger partial charge in [-0.25, -0.2) is 4.98 Å². The molecule has 1 aromatic heterocycles. The van der Waals surface area contributed by atoms with Gasteiger partial charge in [0, 0.05) is 14.1 Å². The lowest BCUT2D eigenvalue weighted by Gasteiger charge is -2.06. The topological polar surface area (TPSA) is 75.0 Å². The molecule has 0 aliphatic rings. The van der Waals surface area contributed by atoms with Crippen molar-refractivity contribution in [2.75, 3.05) is 19.8 Å². The third-order valence-corrected chi connectivity index (χ3v) is 2.15. The number of H-pyrrole nitrogens is 1. The quantitative estimate of drug-likeness (QED) is 0.676. The van der Waals surface area contributed by atoms with Crippen LogP contribution in [0.5, 0.6) is 0 Å². The first-order valence-electron chi connectivity index (χ1n) is 4.55. The average Bonchev–Trinajstić information content (AvgIpc) is 2.61. The Kier molecular flexibility index (Phi) is 2.07. The molecule has 15 heavy (non-hydrogen) atoms. The fraction of sp³-hybridized carbons (Fsp3) is 0.200. The van der Waals surface area contributed by atoms with E-state index in [0.29, 0.717) is 17.0 Å². The van der Waals surface area contributed by atoms with E-state index in [1.165, 1.54) is 4.90 Å². The van der Waals surface area contributed by atoms with E-state index < -0.39 is 0 Å². The fourth-order valence-corrected chi connectivity index (χ4v) is 1.37. The van der Waals surface area contributed by atoms with E-state index in [-0.39, 0.29) is 5.91 Å². The van der Waals surface area contributed by atoms with Crippen LogP contribution in [0.4, 0.5) is 5.69 Å². The number of carbonyl (C=O) groups is 1. The molecule has 5 heteroatoms. The van der Waals surface area contributed by atoms with Crippen molar-refractivity contribution in [3.63, 3.8) is 0 Å². The van der Waals surface area contributed by atoms with Gasteiger partial charge in [0.1, 0.15) is 5.52 Å². The highest BCUT2D eigenvalue weighted by Crippen LogP contribution is 2.18. The Hall–Kier alpha value is -2.04. The highest BCUT2D eigenvalue weighted by molar-refractivity contribution is 5.96. The number of nitrogens with two attached hydrogens (primary N) is 1. The minimum atomic E-state index is -0.161. The Bertz CT molecular complexity index is 515. The number of benzene rings is 1. The van der Waals surface area contributed by atoms with Crippen molar-refractivity contribution in [3.05, 3.63) is 24.0 Å². The molecule has 0 bridgehead atoms. The summed E-state index contributed by atoms with van der Waals surface area (Å²) >= 11 is 0. The summed E-state index contributed by atoms with van der Waals surface area (Å²) in [6.45, 7) is 0. The largest absolute Gasteiger partial charge is 0.397 e. The van der Waals surface area contributed by atoms with Crippen LogP contribution in [0.15, 0.2) is 18.2 Å². The van der Waals surface area contributed by atoms with Crippen molar-refractivity contribution in [1.29, 1.82) is 0 Å². The number of imidazole rings is 1. The first-order chi connectivity index (χ1) is 7.09. The number of hydrogen-bond acceptors (Lipinski definition) is 3. The summed E-state index contributed by atoms with van der Waals surface area (Å²) in [6, 6.07) is 5.41. The molecule has 0 fully saturated rings. The van der Waals surface area contributed by atoms with Crippen LogP contribution in [-0.4, -0.2) is 34.9 Å². The third kappa shape index (κ3) is 1.52. The van der Waals surface area contributed by atoms with Gasteiger partial charge in [0.15, 0.2) is 5.82 Å². The SMILES string of the molecule is CN(C)C(=O)c1nc2c(N)cccc2[nH]1. The molecule has 0 saturated carbocycles. The molecule has 2 rings (SSSR count). The summed E-state index contributed by atoms with van der Waals surface area (Å²) in [7, 11) is 3.36. The molecule has 0 radical (unpaired) electrons. The number of rotatable bonds is 1. The number of anilines is 1. The van der Waals surface area contributed by atoms with Crippen LogP contribution in [0.3, 0.4) is 0 Å². The Morgan fingerprint density at radius 3 is 2.80 bits per heavy atom. The molecule has 1 heterocycles. The molecule has 0 aliphatic carbocycles. The summed E-state index contributed by atoms with van der Waals surface area (Å²) in [5.41, 5.74) is 7.73. The maximum absolute atomic E-state index is 11.6. The van der Waals surface area contributed by atoms with Gasteiger partial charge in [-0.2, -0.15) is 0 Å². The smallest absolute Gasteiger partial charge is 0.289 e. The number of fused-ring (bicyclic) bond motifs is 1. The van der Waals surface area contributed by atoms with Crippen LogP contribution < -0.4 is 5.73 Å². The van der Waals surface area contributed by atoms with Crippen LogP contribution in [0, 0.1) is 0 Å². The maximum atomic E-state index is 11.6. The van der Waals surface area contributed by atoms with E-state index in [2.05, 4.69) is 9.97 Å². The Morgan fingerprint density at radius 1 is 1.47 bits per heavy atom. The van der Waals surface area contributed by atoms with Crippen molar-refractivity contribution >= 4 is 22.6 Å². The summed E-state index contributed by atoms with van der Waals surface area (Å²) in [5.74, 6) is 0.151. The predicted octanol–water partition coefficient (Wildman–Crippen LogP) is 0.847. The molecular weight excluding hydrogens is 192 g/mol. The molecule has 78 valence electrons. The number of nitrogen functional groups attached to an aromatic ring is 1. The maximum Gasteiger partial charge on any atom is 0.289 e. The van der Waals surface area contributed by atoms with Crippen molar-refractivity contribution in [2.45, 2.75) is 0 Å². The zero-order chi connectivity index (χ0) is 11.0. The van der Waals surface area contributed by atoms with E-state index in [0.717, 1.165) is 5.52 Å². The molecule has 0 saturated heterocycles. The number of aromatic nitrogens is 2. The van der Waals surface area contributed by atoms with E-state index in [1.807, 2.05) is 12.1 Å². The monoisotopic (exact) mass is 204 g/mol. The van der Waals surface area contributed by atoms with Gasteiger partial charge >= 0.3 is 0 Å². The summed E-state index contributed by atoms with van der Waals surface area (Å²) in [6.07, 6.45) is 0. The highest BCUT2D eigenvalue weighted by Gasteiger charge is 2.13. The van der Waals surface area contributed by atoms with E-state index in [9.17, 15) is 4.79 Å². The van der Waals surface area contributed by atoms with Gasteiger partial charge in [-0.15, -0.1) is 0 Å². The van der Waals surface area contributed by atoms with Crippen molar-refractivity contribution in [3.8, 4) is 0 Å². The second-order valence-corrected chi connectivity index (χ2v) is 3.53. The Morgan fingerprint density at radius 2 is 2.20 bits per heavy atom. The molecule has 0 unspecified atom stereocenters. The normalized spacial score (nSPS) is 10.5. The Balaban J connectivity index is 2.57. The van der Waals surface area contributed by atoms with E-state index >= 15 is 0 Å². The number of aromatic amines is 1. The van der Waals surface area contributed by atoms with Crippen molar-refractivity contribution in [2.24, 2.45) is 0 Å². The molecule has 5 nitrogen and oxygen atoms in total. The summed E-state index contributed by atoms with van der Waals surface area (Å²) in [5, 5.41) is 0. The lowest BCUT2D eigenvalue weighted by atomic mass is 10.3. The number of hydrogen-bond donors (Lipinski definition) is 2. The first-order valence-corrected chi connectivity index (χ1v) is 4.55. The first kappa shape index (κ1) is 9.51. The molecule has 2 aromatic rings. The molecule has 1 amide bonds. The number of nitrogens with one attached hydrogen (secondary N) is 1. The van der Waals surface area contributed by atoms with Gasteiger partial charge in [-0.05, 0) is 12.1 Å². The van der Waals surface area contributed by atoms with Crippen LogP contribution >= 0.6 is 0 Å². The average molecular weight is 204 g/mol. The van der Waals surface area contributed by atoms with Crippen molar-refractivity contribution in [1.82, 2.24) is 14.9 Å². The summed E-state index contributed by atoms with van der Waals surface area (Å²) in [4.78, 5) is 20.2. The zero-order valence-corrected chi connectivity index (χ0v) is 8.61. The number of para-hydroxylation sites is 1. The molecule has 0 spiro atoms. The lowest BCUT2D eigenvalue weighted by Crippen LogP contribution is -2.22. The second kappa shape index (κ2) is 3.27. The third-order valence-electron chi connectivity index (χ3n) is 2.15. The number of amides is 1. The minimum Gasteiger partial charge on any atom is -0.397 e. The van der Waals surface area contributed by atoms with Crippen LogP contribution in [0.1, 0.15) is 10.6 Å². The number of nitrogens with zero attached hydrogens (tertiary/aromatic N) is 2. The van der Waals surface area contributed by atoms with Gasteiger partial charge < -0.3 is 15.6 Å². The van der Waals surface area contributed by atoms with Gasteiger partial charge in [-0.3, -0.25) is 4.79 Å². The Labute approximate surface area is 86.9 Å². The lowest BCUT2D eigenvalue weighted by molar-refractivity contribution is 0.0817. The molecule has 0 atom stereocenters. The van der Waals surface area contributed by atoms with Crippen LogP contribution in [0.2, 0.25) is 0 Å². The molecule has 3 N–H and O–H groups in total. The minimum absolute atomic E-state index is 0.161. The molecule has 1 aromatic carbocycles. The van der Waals surface area contributed by atoms with E-state index in [4.69, 9.17) is 5.73 Å². The van der Waals surface area contributed by atoms with E-state index in [1.54, 1.807) is 20.2 Å². The second-order valence-electron chi connectivity index (χ2n) is 3.53. The van der Waals surface area contributed by atoms with Gasteiger partial charge in [0.2, 0.25) is 0 Å². The zero-order valence-electron chi connectivity index (χ0n) is 8.61. The van der Waals surface area contributed by atoms with Crippen LogP contribution in [0.25, 0.3) is 11.0 Å². The molecular formula is C10H12N4O. The van der Waals surface area contributed by atoms with Gasteiger partial charge in [0.05, 0.1) is 11.2 Å². The standard InChI is InChI=1S/C10H12N4O/c1-14(2)10(15)9-12-7-5-3-4-6(11)8(7)13-9/h3-5H,11H2,1-2H3,(H,12,13). The fourth-order valence-electron chi connectivity index (χ4n) is 1.37. The van der Waals surface area contributed by atoms with Crippen LogP contribution in [-0.2, 0) is 0 Å².